The van der Waals surface area contributed by atoms with Crippen molar-refractivity contribution in [3.63, 3.8) is 0 Å². The molecule has 0 atom stereocenters. The highest BCUT2D eigenvalue weighted by Gasteiger charge is 2.36. The van der Waals surface area contributed by atoms with Crippen molar-refractivity contribution in [1.82, 2.24) is 14.6 Å². The van der Waals surface area contributed by atoms with Gasteiger partial charge < -0.3 is 4.57 Å². The number of amides is 1. The summed E-state index contributed by atoms with van der Waals surface area (Å²) in [5.74, 6) is -0.412. The van der Waals surface area contributed by atoms with E-state index in [0.717, 1.165) is 28.2 Å². The number of rotatable bonds is 3. The molecule has 0 bridgehead atoms. The number of nitrogens with one attached hydrogen (secondary N) is 1. The third-order valence-electron chi connectivity index (χ3n) is 5.73. The van der Waals surface area contributed by atoms with Gasteiger partial charge >= 0.3 is 0 Å². The highest BCUT2D eigenvalue weighted by Crippen LogP contribution is 2.32. The van der Waals surface area contributed by atoms with Crippen molar-refractivity contribution in [2.24, 2.45) is 10.1 Å². The lowest BCUT2D eigenvalue weighted by Gasteiger charge is -2.20. The van der Waals surface area contributed by atoms with Gasteiger partial charge in [0.2, 0.25) is 5.17 Å². The molecule has 0 saturated carbocycles. The summed E-state index contributed by atoms with van der Waals surface area (Å²) in [7, 11) is 0. The molecule has 8 heteroatoms. The van der Waals surface area contributed by atoms with Gasteiger partial charge in [-0.3, -0.25) is 15.2 Å². The smallest absolute Gasteiger partial charge is 0.283 e. The van der Waals surface area contributed by atoms with Crippen LogP contribution in [0.3, 0.4) is 0 Å². The third-order valence-corrected chi connectivity index (χ3v) is 6.68. The molecule has 0 unspecified atom stereocenters. The Kier molecular flexibility index (Phi) is 5.09. The molecule has 5 rings (SSSR count). The first kappa shape index (κ1) is 21.1. The summed E-state index contributed by atoms with van der Waals surface area (Å²) in [6.07, 6.45) is 5.14. The minimum atomic E-state index is -0.433. The van der Waals surface area contributed by atoms with Crippen LogP contribution in [0, 0.1) is 33.1 Å². The number of pyridine rings is 1. The number of hydrogen-bond donors (Lipinski definition) is 1. The zero-order valence-corrected chi connectivity index (χ0v) is 19.6. The summed E-state index contributed by atoms with van der Waals surface area (Å²) in [6.45, 7) is 8.24. The van der Waals surface area contributed by atoms with E-state index in [2.05, 4.69) is 51.7 Å². The SMILES string of the molecule is Cc1ccc(-n2c(C)cc(C=C3C(=N)N4N=C(c5cccnc5)SC4=NC3=O)c2C)c(C)c1. The molecule has 164 valence electrons. The quantitative estimate of drug-likeness (QED) is 0.578. The van der Waals surface area contributed by atoms with E-state index in [1.54, 1.807) is 18.5 Å². The maximum atomic E-state index is 12.9. The van der Waals surface area contributed by atoms with Crippen molar-refractivity contribution < 1.29 is 4.79 Å². The topological polar surface area (TPSA) is 86.7 Å². The van der Waals surface area contributed by atoms with Crippen molar-refractivity contribution in [3.05, 3.63) is 88.0 Å². The number of hydrogen-bond acceptors (Lipinski definition) is 5. The Balaban J connectivity index is 1.53. The average molecular weight is 455 g/mol. The van der Waals surface area contributed by atoms with Crippen molar-refractivity contribution >= 4 is 39.8 Å². The molecule has 0 fully saturated rings. The van der Waals surface area contributed by atoms with Crippen molar-refractivity contribution in [1.29, 1.82) is 5.41 Å². The van der Waals surface area contributed by atoms with Crippen LogP contribution in [0.5, 0.6) is 0 Å². The first-order valence-electron chi connectivity index (χ1n) is 10.5. The molecule has 1 N–H and O–H groups in total. The van der Waals surface area contributed by atoms with Gasteiger partial charge in [-0.2, -0.15) is 15.1 Å². The van der Waals surface area contributed by atoms with Gasteiger partial charge in [-0.05, 0) is 80.9 Å². The molecule has 0 saturated heterocycles. The van der Waals surface area contributed by atoms with Crippen LogP contribution in [0.15, 0.2) is 64.5 Å². The molecule has 7 nitrogen and oxygen atoms in total. The number of amidine groups is 2. The zero-order chi connectivity index (χ0) is 23.3. The maximum Gasteiger partial charge on any atom is 0.283 e. The summed E-state index contributed by atoms with van der Waals surface area (Å²) in [5.41, 5.74) is 7.47. The minimum Gasteiger partial charge on any atom is -0.318 e. The Morgan fingerprint density at radius 2 is 1.91 bits per heavy atom. The standard InChI is InChI=1S/C25H22N6OS/c1-14-7-8-21(15(2)10-14)30-16(3)11-19(17(30)4)12-20-22(26)31-25(28-23(20)32)33-24(29-31)18-6-5-9-27-13-18/h5-13,26H,1-4H3. The largest absolute Gasteiger partial charge is 0.318 e. The van der Waals surface area contributed by atoms with Gasteiger partial charge in [0, 0.05) is 35.0 Å². The van der Waals surface area contributed by atoms with E-state index in [0.29, 0.717) is 10.2 Å². The number of aryl methyl sites for hydroxylation is 3. The number of carbonyl (C=O) groups is 1. The second-order valence-electron chi connectivity index (χ2n) is 8.12. The van der Waals surface area contributed by atoms with Crippen LogP contribution in [0.1, 0.15) is 33.6 Å². The van der Waals surface area contributed by atoms with Gasteiger partial charge in [-0.1, -0.05) is 17.7 Å². The molecule has 0 radical (unpaired) electrons. The molecule has 2 aromatic heterocycles. The first-order valence-corrected chi connectivity index (χ1v) is 11.3. The van der Waals surface area contributed by atoms with E-state index in [1.165, 1.54) is 27.9 Å². The van der Waals surface area contributed by atoms with Crippen LogP contribution in [0.2, 0.25) is 0 Å². The molecule has 3 aromatic rings. The second kappa shape index (κ2) is 7.97. The number of aromatic nitrogens is 2. The number of thioether (sulfide) groups is 1. The number of hydrazone groups is 1. The van der Waals surface area contributed by atoms with Crippen LogP contribution in [-0.2, 0) is 4.79 Å². The average Bonchev–Trinajstić information content (AvgIpc) is 3.33. The Hall–Kier alpha value is -3.78. The highest BCUT2D eigenvalue weighted by molar-refractivity contribution is 8.27. The van der Waals surface area contributed by atoms with Crippen LogP contribution >= 0.6 is 11.8 Å². The monoisotopic (exact) mass is 454 g/mol. The molecule has 4 heterocycles. The highest BCUT2D eigenvalue weighted by atomic mass is 32.2. The van der Waals surface area contributed by atoms with Crippen molar-refractivity contribution in [2.75, 3.05) is 0 Å². The molecule has 1 aromatic carbocycles. The first-order chi connectivity index (χ1) is 15.8. The number of fused-ring (bicyclic) bond motifs is 1. The van der Waals surface area contributed by atoms with Crippen molar-refractivity contribution in [3.8, 4) is 5.69 Å². The zero-order valence-electron chi connectivity index (χ0n) is 18.7. The van der Waals surface area contributed by atoms with Gasteiger partial charge in [0.1, 0.15) is 5.04 Å². The number of carbonyl (C=O) groups excluding carboxylic acids is 1. The summed E-state index contributed by atoms with van der Waals surface area (Å²) < 4.78 is 2.18. The number of nitrogens with zero attached hydrogens (tertiary/aromatic N) is 5. The van der Waals surface area contributed by atoms with Gasteiger partial charge in [0.05, 0.1) is 5.57 Å². The summed E-state index contributed by atoms with van der Waals surface area (Å²) in [4.78, 5) is 21.2. The fourth-order valence-electron chi connectivity index (χ4n) is 4.11. The predicted octanol–water partition coefficient (Wildman–Crippen LogP) is 4.77. The molecular formula is C25H22N6OS. The number of aliphatic imine (C=N–C) groups is 1. The lowest BCUT2D eigenvalue weighted by Crippen LogP contribution is -2.35. The van der Waals surface area contributed by atoms with Crippen LogP contribution in [0.4, 0.5) is 0 Å². The molecule has 0 aliphatic carbocycles. The van der Waals surface area contributed by atoms with Gasteiger partial charge in [-0.25, -0.2) is 0 Å². The molecule has 33 heavy (non-hydrogen) atoms. The maximum absolute atomic E-state index is 12.9. The third kappa shape index (κ3) is 3.62. The lowest BCUT2D eigenvalue weighted by molar-refractivity contribution is -0.114. The summed E-state index contributed by atoms with van der Waals surface area (Å²) in [6, 6.07) is 12.1. The summed E-state index contributed by atoms with van der Waals surface area (Å²) >= 11 is 1.27. The summed E-state index contributed by atoms with van der Waals surface area (Å²) in [5, 5.41) is 15.7. The van der Waals surface area contributed by atoms with E-state index in [-0.39, 0.29) is 11.4 Å². The fraction of sp³-hybridized carbons (Fsp3) is 0.160. The van der Waals surface area contributed by atoms with Crippen molar-refractivity contribution in [2.45, 2.75) is 27.7 Å². The van der Waals surface area contributed by atoms with E-state index in [9.17, 15) is 4.79 Å². The molecule has 1 amide bonds. The van der Waals surface area contributed by atoms with E-state index in [4.69, 9.17) is 5.41 Å². The lowest BCUT2D eigenvalue weighted by atomic mass is 10.1. The Morgan fingerprint density at radius 3 is 2.64 bits per heavy atom. The minimum absolute atomic E-state index is 0.0210. The van der Waals surface area contributed by atoms with E-state index < -0.39 is 5.91 Å². The van der Waals surface area contributed by atoms with Gasteiger partial charge in [0.25, 0.3) is 5.91 Å². The molecule has 2 aliphatic heterocycles. The Morgan fingerprint density at radius 1 is 1.09 bits per heavy atom. The van der Waals surface area contributed by atoms with E-state index >= 15 is 0 Å². The second-order valence-corrected chi connectivity index (χ2v) is 9.07. The van der Waals surface area contributed by atoms with Crippen LogP contribution < -0.4 is 0 Å². The Labute approximate surface area is 196 Å². The molecule has 0 spiro atoms. The fourth-order valence-corrected chi connectivity index (χ4v) is 5.00. The molecular weight excluding hydrogens is 432 g/mol. The molecule has 2 aliphatic rings. The normalized spacial score (nSPS) is 16.8. The Bertz CT molecular complexity index is 1410. The number of benzene rings is 1. The predicted molar refractivity (Wildman–Crippen MR) is 133 cm³/mol. The van der Waals surface area contributed by atoms with Gasteiger partial charge in [0.15, 0.2) is 5.84 Å². The van der Waals surface area contributed by atoms with Crippen LogP contribution in [0.25, 0.3) is 11.8 Å². The van der Waals surface area contributed by atoms with E-state index in [1.807, 2.05) is 32.0 Å². The van der Waals surface area contributed by atoms with Gasteiger partial charge in [-0.15, -0.1) is 0 Å². The van der Waals surface area contributed by atoms with Crippen LogP contribution in [-0.4, -0.2) is 36.5 Å².